The van der Waals surface area contributed by atoms with Crippen LogP contribution in [0.3, 0.4) is 0 Å². The molecule has 0 bridgehead atoms. The van der Waals surface area contributed by atoms with E-state index in [-0.39, 0.29) is 17.0 Å². The van der Waals surface area contributed by atoms with Crippen LogP contribution in [0.1, 0.15) is 30.9 Å². The minimum absolute atomic E-state index is 0.330. The van der Waals surface area contributed by atoms with E-state index in [1.165, 1.54) is 18.2 Å². The number of hydrogen-bond donors (Lipinski definition) is 1. The highest BCUT2D eigenvalue weighted by atomic mass is 19.1. The minimum Gasteiger partial charge on any atom is -0.497 e. The number of terminal acetylenes is 1. The molecule has 30 heavy (non-hydrogen) atoms. The van der Waals surface area contributed by atoms with Gasteiger partial charge < -0.3 is 10.1 Å². The number of benzene rings is 3. The molecule has 0 aliphatic rings. The van der Waals surface area contributed by atoms with E-state index in [4.69, 9.17) is 11.2 Å². The largest absolute Gasteiger partial charge is 0.497 e. The summed E-state index contributed by atoms with van der Waals surface area (Å²) in [5.74, 6) is 3.05. The molecule has 0 amide bonds. The van der Waals surface area contributed by atoms with Crippen molar-refractivity contribution in [3.05, 3.63) is 89.5 Å². The predicted molar refractivity (Wildman–Crippen MR) is 118 cm³/mol. The van der Waals surface area contributed by atoms with Gasteiger partial charge in [-0.2, -0.15) is 0 Å². The molecule has 0 saturated heterocycles. The Morgan fingerprint density at radius 1 is 1.00 bits per heavy atom. The van der Waals surface area contributed by atoms with Gasteiger partial charge in [-0.1, -0.05) is 24.1 Å². The van der Waals surface area contributed by atoms with Gasteiger partial charge in [-0.25, -0.2) is 8.78 Å². The van der Waals surface area contributed by atoms with E-state index in [1.807, 2.05) is 24.3 Å². The topological polar surface area (TPSA) is 21.3 Å². The molecule has 0 heterocycles. The first kappa shape index (κ1) is 21.4. The number of nitrogens with one attached hydrogen (secondary N) is 1. The second-order valence-electron chi connectivity index (χ2n) is 7.50. The molecule has 0 spiro atoms. The summed E-state index contributed by atoms with van der Waals surface area (Å²) in [5.41, 5.74) is 2.70. The Balaban J connectivity index is 1.66. The van der Waals surface area contributed by atoms with Crippen molar-refractivity contribution in [1.82, 2.24) is 0 Å². The van der Waals surface area contributed by atoms with Crippen molar-refractivity contribution in [2.75, 3.05) is 12.4 Å². The van der Waals surface area contributed by atoms with Crippen molar-refractivity contribution in [2.24, 2.45) is 0 Å². The van der Waals surface area contributed by atoms with Gasteiger partial charge in [0, 0.05) is 5.69 Å². The molecule has 0 radical (unpaired) electrons. The third-order valence-corrected chi connectivity index (χ3v) is 5.34. The van der Waals surface area contributed by atoms with Crippen molar-refractivity contribution in [3.8, 4) is 18.1 Å². The summed E-state index contributed by atoms with van der Waals surface area (Å²) >= 11 is 0. The Bertz CT molecular complexity index is 1020. The van der Waals surface area contributed by atoms with Crippen molar-refractivity contribution in [3.63, 3.8) is 0 Å². The van der Waals surface area contributed by atoms with Crippen LogP contribution in [0.15, 0.2) is 66.7 Å². The van der Waals surface area contributed by atoms with Crippen LogP contribution in [-0.4, -0.2) is 7.11 Å². The van der Waals surface area contributed by atoms with Gasteiger partial charge in [-0.3, -0.25) is 0 Å². The molecule has 0 aliphatic heterocycles. The van der Waals surface area contributed by atoms with E-state index in [0.29, 0.717) is 11.4 Å². The van der Waals surface area contributed by atoms with Gasteiger partial charge >= 0.3 is 0 Å². The van der Waals surface area contributed by atoms with Crippen LogP contribution in [0.25, 0.3) is 0 Å². The van der Waals surface area contributed by atoms with Crippen LogP contribution >= 0.6 is 0 Å². The Morgan fingerprint density at radius 2 is 1.70 bits per heavy atom. The van der Waals surface area contributed by atoms with Gasteiger partial charge in [-0.05, 0) is 85.8 Å². The maximum absolute atomic E-state index is 14.2. The van der Waals surface area contributed by atoms with Gasteiger partial charge in [0.1, 0.15) is 17.4 Å². The van der Waals surface area contributed by atoms with Crippen LogP contribution in [0.5, 0.6) is 5.75 Å². The van der Waals surface area contributed by atoms with Crippen LogP contribution in [-0.2, 0) is 11.8 Å². The van der Waals surface area contributed by atoms with E-state index in [1.54, 1.807) is 31.4 Å². The third-order valence-electron chi connectivity index (χ3n) is 5.34. The predicted octanol–water partition coefficient (Wildman–Crippen LogP) is 6.63. The SMILES string of the molecule is C#CC(C)(CCCc1ccc(F)c(Nc2ccc(F)cc2)c1)c1ccc(OC)cc1. The number of rotatable bonds is 8. The summed E-state index contributed by atoms with van der Waals surface area (Å²) in [6.07, 6.45) is 8.29. The lowest BCUT2D eigenvalue weighted by Gasteiger charge is -2.24. The van der Waals surface area contributed by atoms with Gasteiger partial charge in [0.2, 0.25) is 0 Å². The molecule has 1 unspecified atom stereocenters. The number of ether oxygens (including phenoxy) is 1. The fourth-order valence-electron chi connectivity index (χ4n) is 3.42. The number of aryl methyl sites for hydroxylation is 1. The van der Waals surface area contributed by atoms with Crippen LogP contribution < -0.4 is 10.1 Å². The van der Waals surface area contributed by atoms with Crippen molar-refractivity contribution in [1.29, 1.82) is 0 Å². The zero-order valence-corrected chi connectivity index (χ0v) is 17.2. The first-order valence-corrected chi connectivity index (χ1v) is 9.87. The van der Waals surface area contributed by atoms with E-state index < -0.39 is 0 Å². The summed E-state index contributed by atoms with van der Waals surface area (Å²) in [6, 6.07) is 18.7. The van der Waals surface area contributed by atoms with Crippen LogP contribution in [0.4, 0.5) is 20.2 Å². The summed E-state index contributed by atoms with van der Waals surface area (Å²) in [7, 11) is 1.64. The highest BCUT2D eigenvalue weighted by molar-refractivity contribution is 5.60. The first-order valence-electron chi connectivity index (χ1n) is 9.87. The molecule has 0 aliphatic carbocycles. The minimum atomic E-state index is -0.387. The Hall–Kier alpha value is -3.32. The highest BCUT2D eigenvalue weighted by Crippen LogP contribution is 2.31. The van der Waals surface area contributed by atoms with Crippen LogP contribution in [0, 0.1) is 24.0 Å². The maximum Gasteiger partial charge on any atom is 0.146 e. The highest BCUT2D eigenvalue weighted by Gasteiger charge is 2.23. The fraction of sp³-hybridized carbons (Fsp3) is 0.231. The average molecular weight is 405 g/mol. The van der Waals surface area contributed by atoms with Crippen molar-refractivity contribution >= 4 is 11.4 Å². The quantitative estimate of drug-likeness (QED) is 0.425. The molecule has 3 aromatic rings. The summed E-state index contributed by atoms with van der Waals surface area (Å²) in [4.78, 5) is 0. The zero-order valence-electron chi connectivity index (χ0n) is 17.2. The van der Waals surface area contributed by atoms with Gasteiger partial charge in [-0.15, -0.1) is 6.42 Å². The number of anilines is 2. The molecule has 0 fully saturated rings. The van der Waals surface area contributed by atoms with Gasteiger partial charge in [0.05, 0.1) is 18.2 Å². The molecule has 154 valence electrons. The van der Waals surface area contributed by atoms with E-state index in [9.17, 15) is 8.78 Å². The molecule has 4 heteroatoms. The van der Waals surface area contributed by atoms with Gasteiger partial charge in [0.15, 0.2) is 0 Å². The van der Waals surface area contributed by atoms with Gasteiger partial charge in [0.25, 0.3) is 0 Å². The molecule has 1 N–H and O–H groups in total. The van der Waals surface area contributed by atoms with E-state index in [0.717, 1.165) is 36.1 Å². The molecule has 2 nitrogen and oxygen atoms in total. The average Bonchev–Trinajstić information content (AvgIpc) is 2.77. The van der Waals surface area contributed by atoms with E-state index in [2.05, 4.69) is 18.2 Å². The lowest BCUT2D eigenvalue weighted by Crippen LogP contribution is -2.19. The Morgan fingerprint density at radius 3 is 2.33 bits per heavy atom. The Kier molecular flexibility index (Phi) is 6.74. The second-order valence-corrected chi connectivity index (χ2v) is 7.50. The molecular weight excluding hydrogens is 380 g/mol. The first-order chi connectivity index (χ1) is 14.4. The smallest absolute Gasteiger partial charge is 0.146 e. The van der Waals surface area contributed by atoms with Crippen LogP contribution in [0.2, 0.25) is 0 Å². The summed E-state index contributed by atoms with van der Waals surface area (Å²) in [6.45, 7) is 2.06. The number of halogens is 2. The Labute approximate surface area is 176 Å². The monoisotopic (exact) mass is 405 g/mol. The molecule has 1 atom stereocenters. The lowest BCUT2D eigenvalue weighted by atomic mass is 9.78. The normalized spacial score (nSPS) is 12.6. The van der Waals surface area contributed by atoms with Crippen molar-refractivity contribution < 1.29 is 13.5 Å². The lowest BCUT2D eigenvalue weighted by molar-refractivity contribution is 0.414. The molecule has 0 aromatic heterocycles. The standard InChI is InChI=1S/C26H25F2NO/c1-4-26(2,20-8-14-23(30-3)15-9-20)17-5-6-19-7-16-24(28)25(18-19)29-22-12-10-21(27)11-13-22/h1,7-16,18,29H,5-6,17H2,2-3H3. The molecule has 3 aromatic carbocycles. The fourth-order valence-corrected chi connectivity index (χ4v) is 3.42. The summed E-state index contributed by atoms with van der Waals surface area (Å²) < 4.78 is 32.5. The van der Waals surface area contributed by atoms with Crippen molar-refractivity contribution in [2.45, 2.75) is 31.6 Å². The zero-order chi connectivity index (χ0) is 21.6. The number of hydrogen-bond acceptors (Lipinski definition) is 2. The second kappa shape index (κ2) is 9.45. The maximum atomic E-state index is 14.2. The summed E-state index contributed by atoms with van der Waals surface area (Å²) in [5, 5.41) is 3.01. The molecular formula is C26H25F2NO. The van der Waals surface area contributed by atoms with E-state index >= 15 is 0 Å². The molecule has 3 rings (SSSR count). The third kappa shape index (κ3) is 5.18. The number of methoxy groups -OCH3 is 1. The molecule has 0 saturated carbocycles.